The van der Waals surface area contributed by atoms with Crippen LogP contribution in [0.3, 0.4) is 0 Å². The molecular formula is C23H27N7O2S. The molecule has 1 aromatic carbocycles. The first-order valence-corrected chi connectivity index (χ1v) is 11.7. The van der Waals surface area contributed by atoms with E-state index in [9.17, 15) is 4.79 Å². The molecule has 10 heteroatoms. The topological polar surface area (TPSA) is 103 Å². The van der Waals surface area contributed by atoms with Gasteiger partial charge in [-0.3, -0.25) is 15.1 Å². The maximum Gasteiger partial charge on any atom is 0.244 e. The molecular weight excluding hydrogens is 438 g/mol. The number of para-hydroxylation sites is 1. The van der Waals surface area contributed by atoms with Gasteiger partial charge in [-0.25, -0.2) is 15.4 Å². The number of ether oxygens (including phenoxy) is 1. The van der Waals surface area contributed by atoms with E-state index >= 15 is 0 Å². The van der Waals surface area contributed by atoms with Gasteiger partial charge in [-0.15, -0.1) is 11.3 Å². The molecule has 5 rings (SSSR count). The summed E-state index contributed by atoms with van der Waals surface area (Å²) in [5.74, 6) is 1.30. The Labute approximate surface area is 196 Å². The maximum absolute atomic E-state index is 13.0. The van der Waals surface area contributed by atoms with Gasteiger partial charge in [0, 0.05) is 37.3 Å². The van der Waals surface area contributed by atoms with Crippen LogP contribution in [0.2, 0.25) is 0 Å². The number of carbonyl (C=O) groups is 1. The molecule has 3 aromatic rings. The summed E-state index contributed by atoms with van der Waals surface area (Å²) in [7, 11) is 3.42. The lowest BCUT2D eigenvalue weighted by Gasteiger charge is -2.39. The highest BCUT2D eigenvalue weighted by molar-refractivity contribution is 7.13. The summed E-state index contributed by atoms with van der Waals surface area (Å²) >= 11 is 1.56. The lowest BCUT2D eigenvalue weighted by molar-refractivity contribution is -0.131. The number of thiazole rings is 1. The predicted octanol–water partition coefficient (Wildman–Crippen LogP) is 2.65. The number of aryl methyl sites for hydroxylation is 1. The molecule has 0 saturated carbocycles. The number of hydrogen-bond donors (Lipinski definition) is 4. The fourth-order valence-electron chi connectivity index (χ4n) is 4.59. The van der Waals surface area contributed by atoms with Gasteiger partial charge in [0.15, 0.2) is 5.75 Å². The van der Waals surface area contributed by atoms with Crippen molar-refractivity contribution in [1.82, 2.24) is 25.7 Å². The highest BCUT2D eigenvalue weighted by Crippen LogP contribution is 2.39. The van der Waals surface area contributed by atoms with Crippen molar-refractivity contribution in [3.8, 4) is 16.3 Å². The van der Waals surface area contributed by atoms with E-state index in [1.807, 2.05) is 42.6 Å². The lowest BCUT2D eigenvalue weighted by atomic mass is 9.88. The number of fused-ring (bicyclic) bond motifs is 1. The van der Waals surface area contributed by atoms with Gasteiger partial charge in [-0.05, 0) is 36.8 Å². The van der Waals surface area contributed by atoms with E-state index in [2.05, 4.69) is 31.3 Å². The van der Waals surface area contributed by atoms with Crippen LogP contribution in [0.5, 0.6) is 5.75 Å². The van der Waals surface area contributed by atoms with Crippen molar-refractivity contribution >= 4 is 28.7 Å². The number of amides is 1. The van der Waals surface area contributed by atoms with Gasteiger partial charge >= 0.3 is 0 Å². The van der Waals surface area contributed by atoms with Crippen molar-refractivity contribution in [2.24, 2.45) is 5.92 Å². The normalized spacial score (nSPS) is 24.5. The molecule has 4 heterocycles. The van der Waals surface area contributed by atoms with Gasteiger partial charge < -0.3 is 15.4 Å². The van der Waals surface area contributed by atoms with Crippen molar-refractivity contribution in [3.05, 3.63) is 53.7 Å². The third-order valence-corrected chi connectivity index (χ3v) is 6.88. The van der Waals surface area contributed by atoms with Gasteiger partial charge in [0.05, 0.1) is 36.6 Å². The standard InChI is InChI=1S/C23H27N7O2S/c1-13-7-8-24-17(11-13)27-18-12-16(19-21(28-18)29-30(2)23(19)31)26-15-6-4-5-14(20(15)32-3)22-25-9-10-33-22/h4-11,16,18-19,21,26,28-29H,12H2,1-3H3,(H,24,27). The molecule has 172 valence electrons. The van der Waals surface area contributed by atoms with Crippen LogP contribution in [0.1, 0.15) is 12.0 Å². The zero-order valence-corrected chi connectivity index (χ0v) is 19.5. The number of rotatable bonds is 6. The fourth-order valence-corrected chi connectivity index (χ4v) is 5.25. The van der Waals surface area contributed by atoms with E-state index in [0.717, 1.165) is 33.4 Å². The second kappa shape index (κ2) is 8.97. The zero-order valence-electron chi connectivity index (χ0n) is 18.7. The summed E-state index contributed by atoms with van der Waals surface area (Å²) in [5, 5.41) is 15.0. The molecule has 2 aliphatic rings. The fraction of sp³-hybridized carbons (Fsp3) is 0.348. The van der Waals surface area contributed by atoms with Crippen LogP contribution in [0, 0.1) is 12.8 Å². The van der Waals surface area contributed by atoms with Crippen molar-refractivity contribution in [1.29, 1.82) is 0 Å². The molecule has 0 bridgehead atoms. The molecule has 2 aromatic heterocycles. The smallest absolute Gasteiger partial charge is 0.244 e. The monoisotopic (exact) mass is 465 g/mol. The molecule has 2 fully saturated rings. The zero-order chi connectivity index (χ0) is 22.9. The summed E-state index contributed by atoms with van der Waals surface area (Å²) in [4.78, 5) is 21.8. The Morgan fingerprint density at radius 3 is 2.85 bits per heavy atom. The van der Waals surface area contributed by atoms with E-state index < -0.39 is 0 Å². The summed E-state index contributed by atoms with van der Waals surface area (Å²) < 4.78 is 5.79. The maximum atomic E-state index is 13.0. The number of pyridine rings is 1. The second-order valence-corrected chi connectivity index (χ2v) is 9.22. The van der Waals surface area contributed by atoms with Gasteiger partial charge in [0.1, 0.15) is 10.8 Å². The first kappa shape index (κ1) is 21.6. The van der Waals surface area contributed by atoms with Gasteiger partial charge in [0.25, 0.3) is 0 Å². The minimum atomic E-state index is -0.272. The van der Waals surface area contributed by atoms with Crippen LogP contribution in [0.15, 0.2) is 48.1 Å². The van der Waals surface area contributed by atoms with Crippen molar-refractivity contribution in [2.45, 2.75) is 31.7 Å². The number of anilines is 2. The summed E-state index contributed by atoms with van der Waals surface area (Å²) in [6.07, 6.45) is 3.95. The first-order chi connectivity index (χ1) is 16.0. The largest absolute Gasteiger partial charge is 0.494 e. The van der Waals surface area contributed by atoms with Crippen LogP contribution in [-0.4, -0.2) is 53.4 Å². The Balaban J connectivity index is 1.44. The Morgan fingerprint density at radius 2 is 2.09 bits per heavy atom. The third kappa shape index (κ3) is 4.24. The molecule has 2 saturated heterocycles. The summed E-state index contributed by atoms with van der Waals surface area (Å²) in [6, 6.07) is 9.80. The number of piperidine rings is 1. The molecule has 4 unspecified atom stereocenters. The third-order valence-electron chi connectivity index (χ3n) is 6.07. The molecule has 33 heavy (non-hydrogen) atoms. The number of nitrogens with one attached hydrogen (secondary N) is 4. The molecule has 4 atom stereocenters. The van der Waals surface area contributed by atoms with Gasteiger partial charge in [-0.1, -0.05) is 6.07 Å². The number of benzene rings is 1. The van der Waals surface area contributed by atoms with Crippen LogP contribution < -0.4 is 26.1 Å². The number of hydrogen-bond acceptors (Lipinski definition) is 9. The summed E-state index contributed by atoms with van der Waals surface area (Å²) in [5.41, 5.74) is 6.14. The average molecular weight is 466 g/mol. The Kier molecular flexibility index (Phi) is 5.88. The molecule has 0 spiro atoms. The predicted molar refractivity (Wildman–Crippen MR) is 129 cm³/mol. The quantitative estimate of drug-likeness (QED) is 0.441. The molecule has 0 radical (unpaired) electrons. The lowest BCUT2D eigenvalue weighted by Crippen LogP contribution is -2.60. The number of hydrazine groups is 1. The Morgan fingerprint density at radius 1 is 1.21 bits per heavy atom. The number of methoxy groups -OCH3 is 1. The van der Waals surface area contributed by atoms with E-state index in [-0.39, 0.29) is 30.2 Å². The van der Waals surface area contributed by atoms with Gasteiger partial charge in [0.2, 0.25) is 5.91 Å². The molecule has 4 N–H and O–H groups in total. The minimum Gasteiger partial charge on any atom is -0.494 e. The van der Waals surface area contributed by atoms with Gasteiger partial charge in [-0.2, -0.15) is 0 Å². The number of nitrogens with zero attached hydrogens (tertiary/aromatic N) is 3. The average Bonchev–Trinajstić information content (AvgIpc) is 3.42. The molecule has 0 aliphatic carbocycles. The first-order valence-electron chi connectivity index (χ1n) is 10.9. The van der Waals surface area contributed by atoms with Crippen LogP contribution >= 0.6 is 11.3 Å². The van der Waals surface area contributed by atoms with E-state index in [1.165, 1.54) is 0 Å². The van der Waals surface area contributed by atoms with Crippen molar-refractivity contribution in [3.63, 3.8) is 0 Å². The summed E-state index contributed by atoms with van der Waals surface area (Å²) in [6.45, 7) is 2.04. The molecule has 1 amide bonds. The number of aromatic nitrogens is 2. The highest BCUT2D eigenvalue weighted by Gasteiger charge is 2.48. The van der Waals surface area contributed by atoms with Crippen molar-refractivity contribution in [2.75, 3.05) is 24.8 Å². The second-order valence-electron chi connectivity index (χ2n) is 8.32. The van der Waals surface area contributed by atoms with E-state index in [4.69, 9.17) is 4.74 Å². The highest BCUT2D eigenvalue weighted by atomic mass is 32.1. The molecule has 9 nitrogen and oxygen atoms in total. The number of carbonyl (C=O) groups excluding carboxylic acids is 1. The van der Waals surface area contributed by atoms with Crippen LogP contribution in [0.4, 0.5) is 11.5 Å². The van der Waals surface area contributed by atoms with E-state index in [1.54, 1.807) is 42.9 Å². The van der Waals surface area contributed by atoms with Crippen LogP contribution in [-0.2, 0) is 4.79 Å². The Hall–Kier alpha value is -3.21. The van der Waals surface area contributed by atoms with Crippen LogP contribution in [0.25, 0.3) is 10.6 Å². The Bertz CT molecular complexity index is 1140. The minimum absolute atomic E-state index is 0.0483. The van der Waals surface area contributed by atoms with E-state index in [0.29, 0.717) is 6.42 Å². The SMILES string of the molecule is COc1c(NC2CC(Nc3cc(C)ccn3)NC3NN(C)C(=O)C23)cccc1-c1nccs1. The molecule has 2 aliphatic heterocycles. The van der Waals surface area contributed by atoms with Crippen molar-refractivity contribution < 1.29 is 9.53 Å².